The Morgan fingerprint density at radius 3 is 2.71 bits per heavy atom. The smallest absolute Gasteiger partial charge is 0.492 e. The van der Waals surface area contributed by atoms with Gasteiger partial charge in [-0.3, -0.25) is 4.90 Å². The molecule has 21 heavy (non-hydrogen) atoms. The van der Waals surface area contributed by atoms with E-state index in [0.717, 1.165) is 38.2 Å². The Balaban J connectivity index is 2.07. The second kappa shape index (κ2) is 7.27. The van der Waals surface area contributed by atoms with Gasteiger partial charge in [0.15, 0.2) is 0 Å². The number of ether oxygens (including phenoxy) is 1. The number of rotatable bonds is 5. The molecule has 5 nitrogen and oxygen atoms in total. The van der Waals surface area contributed by atoms with E-state index in [-0.39, 0.29) is 0 Å². The molecule has 0 radical (unpaired) electrons. The molecule has 0 amide bonds. The summed E-state index contributed by atoms with van der Waals surface area (Å²) in [6.45, 7) is 6.21. The SMILES string of the molecule is CCC1CN(Cc2ccc(OC)c(B(O)O)c2)CCN1C. The zero-order chi connectivity index (χ0) is 15.4. The molecule has 1 aromatic carbocycles. The molecular formula is C15H25BN2O3. The summed E-state index contributed by atoms with van der Waals surface area (Å²) in [5.41, 5.74) is 1.51. The zero-order valence-electron chi connectivity index (χ0n) is 13.1. The Morgan fingerprint density at radius 1 is 1.33 bits per heavy atom. The van der Waals surface area contributed by atoms with Crippen LogP contribution < -0.4 is 10.2 Å². The Labute approximate surface area is 127 Å². The summed E-state index contributed by atoms with van der Waals surface area (Å²) in [6.07, 6.45) is 1.15. The van der Waals surface area contributed by atoms with Crippen LogP contribution in [0.1, 0.15) is 18.9 Å². The van der Waals surface area contributed by atoms with Gasteiger partial charge in [-0.05, 0) is 25.1 Å². The molecule has 0 saturated carbocycles. The summed E-state index contributed by atoms with van der Waals surface area (Å²) >= 11 is 0. The molecule has 1 saturated heterocycles. The molecule has 1 fully saturated rings. The van der Waals surface area contributed by atoms with Crippen molar-refractivity contribution in [3.05, 3.63) is 23.8 Å². The van der Waals surface area contributed by atoms with E-state index in [0.29, 0.717) is 17.3 Å². The highest BCUT2D eigenvalue weighted by Gasteiger charge is 2.23. The van der Waals surface area contributed by atoms with Crippen molar-refractivity contribution >= 4 is 12.6 Å². The maximum Gasteiger partial charge on any atom is 0.492 e. The Bertz CT molecular complexity index is 470. The number of nitrogens with zero attached hydrogens (tertiary/aromatic N) is 2. The summed E-state index contributed by atoms with van der Waals surface area (Å²) in [6, 6.07) is 6.21. The number of piperazine rings is 1. The van der Waals surface area contributed by atoms with Crippen molar-refractivity contribution in [2.45, 2.75) is 25.9 Å². The average Bonchev–Trinajstić information content (AvgIpc) is 2.49. The maximum absolute atomic E-state index is 9.44. The van der Waals surface area contributed by atoms with Crippen LogP contribution in [0.2, 0.25) is 0 Å². The van der Waals surface area contributed by atoms with Gasteiger partial charge in [-0.25, -0.2) is 0 Å². The fraction of sp³-hybridized carbons (Fsp3) is 0.600. The fourth-order valence-electron chi connectivity index (χ4n) is 2.94. The molecule has 0 bridgehead atoms. The molecule has 1 aromatic rings. The van der Waals surface area contributed by atoms with Gasteiger partial charge in [0.1, 0.15) is 5.75 Å². The lowest BCUT2D eigenvalue weighted by Gasteiger charge is -2.39. The summed E-state index contributed by atoms with van der Waals surface area (Å²) in [5.74, 6) is 0.513. The lowest BCUT2D eigenvalue weighted by molar-refractivity contribution is 0.0884. The molecule has 2 rings (SSSR count). The van der Waals surface area contributed by atoms with Crippen molar-refractivity contribution in [3.8, 4) is 5.75 Å². The number of methoxy groups -OCH3 is 1. The van der Waals surface area contributed by atoms with Crippen molar-refractivity contribution in [1.29, 1.82) is 0 Å². The molecule has 1 aliphatic rings. The highest BCUT2D eigenvalue weighted by Crippen LogP contribution is 2.16. The Hall–Kier alpha value is -1.08. The van der Waals surface area contributed by atoms with Gasteiger partial charge in [-0.1, -0.05) is 19.1 Å². The monoisotopic (exact) mass is 292 g/mol. The molecule has 6 heteroatoms. The van der Waals surface area contributed by atoms with Gasteiger partial charge < -0.3 is 19.7 Å². The molecule has 1 aliphatic heterocycles. The zero-order valence-corrected chi connectivity index (χ0v) is 13.1. The van der Waals surface area contributed by atoms with Crippen molar-refractivity contribution in [3.63, 3.8) is 0 Å². The quantitative estimate of drug-likeness (QED) is 0.742. The summed E-state index contributed by atoms with van der Waals surface area (Å²) in [5, 5.41) is 18.9. The highest BCUT2D eigenvalue weighted by molar-refractivity contribution is 6.59. The third kappa shape index (κ3) is 3.98. The van der Waals surface area contributed by atoms with Crippen molar-refractivity contribution in [1.82, 2.24) is 9.80 Å². The van der Waals surface area contributed by atoms with Gasteiger partial charge in [-0.2, -0.15) is 0 Å². The maximum atomic E-state index is 9.44. The molecule has 1 unspecified atom stereocenters. The third-order valence-electron chi connectivity index (χ3n) is 4.31. The van der Waals surface area contributed by atoms with Crippen LogP contribution in [0.4, 0.5) is 0 Å². The molecular weight excluding hydrogens is 267 g/mol. The lowest BCUT2D eigenvalue weighted by atomic mass is 9.78. The van der Waals surface area contributed by atoms with Crippen molar-refractivity contribution in [2.24, 2.45) is 0 Å². The normalized spacial score (nSPS) is 20.5. The van der Waals surface area contributed by atoms with Gasteiger partial charge in [0.25, 0.3) is 0 Å². The van der Waals surface area contributed by atoms with Crippen LogP contribution in [0.5, 0.6) is 5.75 Å². The second-order valence-electron chi connectivity index (χ2n) is 5.73. The first-order chi connectivity index (χ1) is 10.0. The predicted octanol–water partition coefficient (Wildman–Crippen LogP) is -0.0990. The van der Waals surface area contributed by atoms with E-state index in [1.54, 1.807) is 6.07 Å². The molecule has 1 heterocycles. The van der Waals surface area contributed by atoms with E-state index in [9.17, 15) is 10.0 Å². The Kier molecular flexibility index (Phi) is 5.64. The van der Waals surface area contributed by atoms with Crippen LogP contribution in [0.3, 0.4) is 0 Å². The van der Waals surface area contributed by atoms with E-state index in [4.69, 9.17) is 4.74 Å². The second-order valence-corrected chi connectivity index (χ2v) is 5.73. The minimum Gasteiger partial charge on any atom is -0.497 e. The first-order valence-electron chi connectivity index (χ1n) is 7.50. The van der Waals surface area contributed by atoms with E-state index >= 15 is 0 Å². The largest absolute Gasteiger partial charge is 0.497 e. The Morgan fingerprint density at radius 2 is 2.10 bits per heavy atom. The van der Waals surface area contributed by atoms with Crippen LogP contribution in [0.15, 0.2) is 18.2 Å². The average molecular weight is 292 g/mol. The minimum atomic E-state index is -1.50. The molecule has 2 N–H and O–H groups in total. The lowest BCUT2D eigenvalue weighted by Crippen LogP contribution is -2.50. The van der Waals surface area contributed by atoms with Gasteiger partial charge in [-0.15, -0.1) is 0 Å². The van der Waals surface area contributed by atoms with E-state index < -0.39 is 7.12 Å². The number of likely N-dealkylation sites (N-methyl/N-ethyl adjacent to an activating group) is 1. The topological polar surface area (TPSA) is 56.2 Å². The first-order valence-corrected chi connectivity index (χ1v) is 7.50. The standard InChI is InChI=1S/C15H25BN2O3/c1-4-13-11-18(8-7-17(13)2)10-12-5-6-15(21-3)14(9-12)16(19)20/h5-6,9,13,19-20H,4,7-8,10-11H2,1-3H3. The molecule has 1 atom stereocenters. The van der Waals surface area contributed by atoms with Crippen LogP contribution in [-0.4, -0.2) is 66.8 Å². The number of hydrogen-bond acceptors (Lipinski definition) is 5. The van der Waals surface area contributed by atoms with Crippen molar-refractivity contribution in [2.75, 3.05) is 33.8 Å². The van der Waals surface area contributed by atoms with E-state index in [1.807, 2.05) is 12.1 Å². The van der Waals surface area contributed by atoms with E-state index in [2.05, 4.69) is 23.8 Å². The van der Waals surface area contributed by atoms with Crippen LogP contribution in [-0.2, 0) is 6.54 Å². The van der Waals surface area contributed by atoms with Crippen LogP contribution >= 0.6 is 0 Å². The third-order valence-corrected chi connectivity index (χ3v) is 4.31. The van der Waals surface area contributed by atoms with Gasteiger partial charge >= 0.3 is 7.12 Å². The van der Waals surface area contributed by atoms with E-state index in [1.165, 1.54) is 7.11 Å². The number of hydrogen-bond donors (Lipinski definition) is 2. The number of benzene rings is 1. The highest BCUT2D eigenvalue weighted by atomic mass is 16.5. The summed E-state index contributed by atoms with van der Waals surface area (Å²) < 4.78 is 5.16. The fourth-order valence-corrected chi connectivity index (χ4v) is 2.94. The molecule has 0 aliphatic carbocycles. The summed E-state index contributed by atoms with van der Waals surface area (Å²) in [7, 11) is 2.21. The van der Waals surface area contributed by atoms with Crippen LogP contribution in [0.25, 0.3) is 0 Å². The molecule has 116 valence electrons. The van der Waals surface area contributed by atoms with Gasteiger partial charge in [0.2, 0.25) is 0 Å². The van der Waals surface area contributed by atoms with Gasteiger partial charge in [0, 0.05) is 37.7 Å². The summed E-state index contributed by atoms with van der Waals surface area (Å²) in [4.78, 5) is 4.83. The predicted molar refractivity (Wildman–Crippen MR) is 84.8 cm³/mol. The van der Waals surface area contributed by atoms with Gasteiger partial charge in [0.05, 0.1) is 7.11 Å². The molecule has 0 spiro atoms. The van der Waals surface area contributed by atoms with Crippen LogP contribution in [0, 0.1) is 0 Å². The molecule has 0 aromatic heterocycles. The minimum absolute atomic E-state index is 0.427. The first kappa shape index (κ1) is 16.3. The van der Waals surface area contributed by atoms with Crippen molar-refractivity contribution < 1.29 is 14.8 Å².